The summed E-state index contributed by atoms with van der Waals surface area (Å²) in [4.78, 5) is 20.1. The number of nitrogens with zero attached hydrogens (tertiary/aromatic N) is 2. The normalized spacial score (nSPS) is 47.7. The van der Waals surface area contributed by atoms with Crippen molar-refractivity contribution in [1.82, 2.24) is 9.88 Å². The molecule has 7 rings (SSSR count). The number of methoxy groups -OCH3 is 1. The Labute approximate surface area is 207 Å². The predicted octanol–water partition coefficient (Wildman–Crippen LogP) is 4.69. The summed E-state index contributed by atoms with van der Waals surface area (Å²) >= 11 is 0. The molecular weight excluding hydrogens is 436 g/mol. The Morgan fingerprint density at radius 3 is 2.66 bits per heavy atom. The molecule has 2 heterocycles. The predicted molar refractivity (Wildman–Crippen MR) is 134 cm³/mol. The van der Waals surface area contributed by atoms with Crippen molar-refractivity contribution in [2.75, 3.05) is 14.2 Å². The number of rotatable bonds is 2. The Hall–Kier alpha value is -2.24. The first-order valence-electron chi connectivity index (χ1n) is 13.3. The van der Waals surface area contributed by atoms with Crippen molar-refractivity contribution in [3.05, 3.63) is 54.2 Å². The number of pyridine rings is 1. The summed E-state index contributed by atoms with van der Waals surface area (Å²) in [5, 5.41) is 13.1. The summed E-state index contributed by atoms with van der Waals surface area (Å²) in [5.74, 6) is 0.944. The maximum atomic E-state index is 12.8. The first-order chi connectivity index (χ1) is 16.7. The molecule has 5 unspecified atom stereocenters. The second-order valence-electron chi connectivity index (χ2n) is 12.5. The highest BCUT2D eigenvalue weighted by Gasteiger charge is 2.82. The Balaban J connectivity index is 1.57. The van der Waals surface area contributed by atoms with Crippen LogP contribution in [0.3, 0.4) is 0 Å². The van der Waals surface area contributed by atoms with Crippen molar-refractivity contribution in [2.24, 2.45) is 34.0 Å². The van der Waals surface area contributed by atoms with E-state index in [0.29, 0.717) is 11.8 Å². The summed E-state index contributed by atoms with van der Waals surface area (Å²) in [5.41, 5.74) is 0.554. The number of likely N-dealkylation sites (N-methyl/N-ethyl adjacent to an activating group) is 1. The zero-order chi connectivity index (χ0) is 24.4. The number of benzene rings is 1. The number of hydrogen-bond acceptors (Lipinski definition) is 4. The van der Waals surface area contributed by atoms with E-state index in [4.69, 9.17) is 9.72 Å². The highest BCUT2D eigenvalue weighted by atomic mass is 16.5. The molecule has 4 saturated carbocycles. The minimum atomic E-state index is -0.731. The molecule has 5 nitrogen and oxygen atoms in total. The van der Waals surface area contributed by atoms with Crippen LogP contribution in [0.4, 0.5) is 0 Å². The molecule has 0 saturated heterocycles. The third-order valence-electron chi connectivity index (χ3n) is 11.9. The Bertz CT molecular complexity index is 1280. The molecule has 5 aliphatic rings. The van der Waals surface area contributed by atoms with Gasteiger partial charge in [0, 0.05) is 42.3 Å². The number of hydrogen-bond donors (Lipinski definition) is 1. The molecule has 184 valence electrons. The smallest absolute Gasteiger partial charge is 0.246 e. The van der Waals surface area contributed by atoms with Crippen LogP contribution in [0.5, 0.6) is 0 Å². The van der Waals surface area contributed by atoms with E-state index in [2.05, 4.69) is 44.2 Å². The number of aliphatic hydroxyl groups is 1. The molecule has 9 atom stereocenters. The van der Waals surface area contributed by atoms with Gasteiger partial charge in [-0.1, -0.05) is 44.2 Å². The minimum absolute atomic E-state index is 0.0261. The number of aliphatic hydroxyl groups excluding tert-OH is 1. The van der Waals surface area contributed by atoms with Crippen LogP contribution >= 0.6 is 0 Å². The summed E-state index contributed by atoms with van der Waals surface area (Å²) in [6.45, 7) is 4.70. The molecule has 3 bridgehead atoms. The van der Waals surface area contributed by atoms with E-state index in [1.54, 1.807) is 6.08 Å². The average molecular weight is 473 g/mol. The van der Waals surface area contributed by atoms with Crippen LogP contribution in [0.25, 0.3) is 10.9 Å². The van der Waals surface area contributed by atoms with Gasteiger partial charge in [0.25, 0.3) is 0 Å². The van der Waals surface area contributed by atoms with Gasteiger partial charge >= 0.3 is 0 Å². The minimum Gasteiger partial charge on any atom is -0.392 e. The number of carbonyl (C=O) groups excluding carboxylic acids is 1. The monoisotopic (exact) mass is 472 g/mol. The van der Waals surface area contributed by atoms with Gasteiger partial charge in [-0.2, -0.15) is 0 Å². The van der Waals surface area contributed by atoms with Gasteiger partial charge in [-0.15, -0.1) is 0 Å². The lowest BCUT2D eigenvalue weighted by atomic mass is 9.34. The van der Waals surface area contributed by atoms with Crippen molar-refractivity contribution in [3.63, 3.8) is 0 Å². The Morgan fingerprint density at radius 1 is 1.06 bits per heavy atom. The summed E-state index contributed by atoms with van der Waals surface area (Å²) in [6.07, 6.45) is 8.57. The summed E-state index contributed by atoms with van der Waals surface area (Å²) in [7, 11) is 3.81. The highest BCUT2D eigenvalue weighted by Crippen LogP contribution is 2.82. The van der Waals surface area contributed by atoms with Gasteiger partial charge in [0.1, 0.15) is 5.60 Å². The van der Waals surface area contributed by atoms with Crippen LogP contribution in [0.1, 0.15) is 51.6 Å². The average Bonchev–Trinajstić information content (AvgIpc) is 3.07. The van der Waals surface area contributed by atoms with Crippen LogP contribution in [-0.4, -0.2) is 47.2 Å². The van der Waals surface area contributed by atoms with E-state index >= 15 is 0 Å². The fourth-order valence-electron chi connectivity index (χ4n) is 10.4. The molecule has 1 N–H and O–H groups in total. The molecule has 4 aliphatic carbocycles. The van der Waals surface area contributed by atoms with E-state index in [9.17, 15) is 9.90 Å². The van der Waals surface area contributed by atoms with Gasteiger partial charge in [0.15, 0.2) is 0 Å². The molecule has 1 aromatic carbocycles. The molecule has 1 aromatic heterocycles. The second kappa shape index (κ2) is 6.74. The third-order valence-corrected chi connectivity index (χ3v) is 11.9. The fourth-order valence-corrected chi connectivity index (χ4v) is 10.4. The van der Waals surface area contributed by atoms with Crippen molar-refractivity contribution in [2.45, 2.75) is 63.7 Å². The Morgan fingerprint density at radius 2 is 1.86 bits per heavy atom. The highest BCUT2D eigenvalue weighted by molar-refractivity contribution is 5.89. The molecule has 2 aromatic rings. The molecule has 5 heteroatoms. The van der Waals surface area contributed by atoms with Crippen molar-refractivity contribution >= 4 is 16.8 Å². The molecule has 0 spiro atoms. The molecule has 1 aliphatic heterocycles. The van der Waals surface area contributed by atoms with Gasteiger partial charge in [-0.3, -0.25) is 4.79 Å². The van der Waals surface area contributed by atoms with Gasteiger partial charge in [0.2, 0.25) is 5.91 Å². The summed E-state index contributed by atoms with van der Waals surface area (Å²) < 4.78 is 6.87. The number of ether oxygens (including phenoxy) is 1. The quantitative estimate of drug-likeness (QED) is 0.689. The standard InChI is InChI=1S/C30H36N2O3/c1-27-15-16-29-19(10-12-24-28(29,2)14-13-25(33)32(24)3)20(27)17-21(26(27)34)30(29,35-4)23-11-9-18-7-5-6-8-22(18)31-23/h5-9,11,13-14,19-21,24,26,34H,10,12,15-17H2,1-4H3/t19?,20?,21?,24-,26+,27+,28+,29?,30?/m1/s1. The Kier molecular flexibility index (Phi) is 4.24. The first-order valence-corrected chi connectivity index (χ1v) is 13.3. The van der Waals surface area contributed by atoms with E-state index in [1.165, 1.54) is 0 Å². The maximum absolute atomic E-state index is 12.8. The second-order valence-corrected chi connectivity index (χ2v) is 12.5. The first kappa shape index (κ1) is 22.0. The van der Waals surface area contributed by atoms with E-state index < -0.39 is 11.7 Å². The van der Waals surface area contributed by atoms with E-state index in [-0.39, 0.29) is 34.1 Å². The lowest BCUT2D eigenvalue weighted by Gasteiger charge is -2.72. The summed E-state index contributed by atoms with van der Waals surface area (Å²) in [6, 6.07) is 12.7. The lowest BCUT2D eigenvalue weighted by molar-refractivity contribution is -0.288. The molecular formula is C30H36N2O3. The number of carbonyl (C=O) groups is 1. The molecule has 4 fully saturated rings. The van der Waals surface area contributed by atoms with Crippen molar-refractivity contribution < 1.29 is 14.6 Å². The van der Waals surface area contributed by atoms with Crippen molar-refractivity contribution in [3.8, 4) is 0 Å². The molecule has 35 heavy (non-hydrogen) atoms. The largest absolute Gasteiger partial charge is 0.392 e. The van der Waals surface area contributed by atoms with Gasteiger partial charge in [-0.25, -0.2) is 4.98 Å². The maximum Gasteiger partial charge on any atom is 0.246 e. The number of fused-ring (bicyclic) bond motifs is 3. The zero-order valence-corrected chi connectivity index (χ0v) is 21.2. The van der Waals surface area contributed by atoms with E-state index in [0.717, 1.165) is 48.7 Å². The van der Waals surface area contributed by atoms with Crippen molar-refractivity contribution in [1.29, 1.82) is 0 Å². The van der Waals surface area contributed by atoms with Crippen LogP contribution in [0.15, 0.2) is 48.6 Å². The van der Waals surface area contributed by atoms with Gasteiger partial charge in [-0.05, 0) is 67.6 Å². The number of amides is 1. The van der Waals surface area contributed by atoms with Gasteiger partial charge < -0.3 is 14.7 Å². The van der Waals surface area contributed by atoms with Crippen LogP contribution in [-0.2, 0) is 15.1 Å². The van der Waals surface area contributed by atoms with Crippen LogP contribution < -0.4 is 0 Å². The topological polar surface area (TPSA) is 62.7 Å². The number of para-hydroxylation sites is 1. The SMILES string of the molecule is COC1(c2ccc3ccccc3n2)C2CC3C4CC[C@H]5N(C)C(=O)C=C[C@]5(C)C41CC[C@]3(C)[C@H]2O. The lowest BCUT2D eigenvalue weighted by Crippen LogP contribution is -2.73. The van der Waals surface area contributed by atoms with E-state index in [1.807, 2.05) is 31.2 Å². The van der Waals surface area contributed by atoms with Crippen LogP contribution in [0.2, 0.25) is 0 Å². The van der Waals surface area contributed by atoms with Crippen LogP contribution in [0, 0.1) is 34.0 Å². The third kappa shape index (κ3) is 2.21. The zero-order valence-electron chi connectivity index (χ0n) is 21.2. The fraction of sp³-hybridized carbons (Fsp3) is 0.600. The number of aromatic nitrogens is 1. The van der Waals surface area contributed by atoms with Gasteiger partial charge in [0.05, 0.1) is 17.3 Å². The molecule has 1 amide bonds. The molecule has 0 radical (unpaired) electrons.